The Morgan fingerprint density at radius 3 is 2.30 bits per heavy atom. The lowest BCUT2D eigenvalue weighted by Crippen LogP contribution is -2.50. The van der Waals surface area contributed by atoms with E-state index in [4.69, 9.17) is 0 Å². The van der Waals surface area contributed by atoms with Gasteiger partial charge in [-0.2, -0.15) is 0 Å². The number of sulfonamides is 1. The minimum absolute atomic E-state index is 0.0812. The average Bonchev–Trinajstić information content (AvgIpc) is 3.28. The number of amides is 2. The number of hydrogen-bond acceptors (Lipinski definition) is 6. The molecular formula is C20H26N4O4S2. The molecule has 3 rings (SSSR count). The number of nitrogens with zero attached hydrogens (tertiary/aromatic N) is 3. The van der Waals surface area contributed by atoms with E-state index in [1.54, 1.807) is 0 Å². The molecule has 2 amide bonds. The van der Waals surface area contributed by atoms with E-state index in [-0.39, 0.29) is 16.7 Å². The summed E-state index contributed by atoms with van der Waals surface area (Å²) >= 11 is 1.46. The molecule has 10 heteroatoms. The quantitative estimate of drug-likeness (QED) is 0.684. The molecule has 1 aromatic carbocycles. The lowest BCUT2D eigenvalue weighted by molar-refractivity contribution is 0.0642. The molecule has 1 N–H and O–H groups in total. The van der Waals surface area contributed by atoms with Crippen molar-refractivity contribution in [3.8, 4) is 0 Å². The first-order valence-electron chi connectivity index (χ1n) is 9.65. The first kappa shape index (κ1) is 22.4. The second-order valence-corrected chi connectivity index (χ2v) is 10.3. The van der Waals surface area contributed by atoms with Gasteiger partial charge in [-0.05, 0) is 35.7 Å². The highest BCUT2D eigenvalue weighted by Crippen LogP contribution is 2.15. The third-order valence-corrected chi connectivity index (χ3v) is 7.69. The van der Waals surface area contributed by atoms with Crippen molar-refractivity contribution in [1.29, 1.82) is 0 Å². The normalized spacial score (nSPS) is 15.4. The molecule has 8 nitrogen and oxygen atoms in total. The summed E-state index contributed by atoms with van der Waals surface area (Å²) in [5.74, 6) is -0.159. The zero-order valence-corrected chi connectivity index (χ0v) is 18.7. The summed E-state index contributed by atoms with van der Waals surface area (Å²) in [5, 5.41) is 4.77. The molecule has 1 aromatic heterocycles. The van der Waals surface area contributed by atoms with Crippen LogP contribution < -0.4 is 5.32 Å². The lowest BCUT2D eigenvalue weighted by atomic mass is 10.2. The van der Waals surface area contributed by atoms with Gasteiger partial charge in [0.25, 0.3) is 11.8 Å². The van der Waals surface area contributed by atoms with Crippen molar-refractivity contribution in [2.24, 2.45) is 0 Å². The van der Waals surface area contributed by atoms with Crippen molar-refractivity contribution in [3.63, 3.8) is 0 Å². The summed E-state index contributed by atoms with van der Waals surface area (Å²) in [6.45, 7) is 4.06. The Balaban J connectivity index is 1.42. The molecule has 2 heterocycles. The molecule has 0 radical (unpaired) electrons. The number of carbonyl (C=O) groups is 2. The number of thiophene rings is 1. The van der Waals surface area contributed by atoms with Crippen molar-refractivity contribution < 1.29 is 18.0 Å². The summed E-state index contributed by atoms with van der Waals surface area (Å²) in [6, 6.07) is 9.63. The summed E-state index contributed by atoms with van der Waals surface area (Å²) < 4.78 is 25.3. The third-order valence-electron chi connectivity index (χ3n) is 5.00. The maximum absolute atomic E-state index is 12.4. The van der Waals surface area contributed by atoms with Crippen LogP contribution in [0, 0.1) is 0 Å². The first-order chi connectivity index (χ1) is 14.3. The van der Waals surface area contributed by atoms with Crippen molar-refractivity contribution in [1.82, 2.24) is 19.4 Å². The van der Waals surface area contributed by atoms with Crippen LogP contribution in [0.5, 0.6) is 0 Å². The topological polar surface area (TPSA) is 90.0 Å². The molecule has 0 bridgehead atoms. The molecule has 30 heavy (non-hydrogen) atoms. The van der Waals surface area contributed by atoms with Gasteiger partial charge in [0.1, 0.15) is 0 Å². The highest BCUT2D eigenvalue weighted by molar-refractivity contribution is 7.89. The molecule has 1 aliphatic heterocycles. The summed E-state index contributed by atoms with van der Waals surface area (Å²) in [6.07, 6.45) is 0. The molecule has 0 unspecified atom stereocenters. The molecule has 0 atom stereocenters. The van der Waals surface area contributed by atoms with Gasteiger partial charge in [-0.25, -0.2) is 12.7 Å². The number of benzene rings is 1. The van der Waals surface area contributed by atoms with E-state index < -0.39 is 10.0 Å². The van der Waals surface area contributed by atoms with Gasteiger partial charge in [0, 0.05) is 58.9 Å². The first-order valence-corrected chi connectivity index (χ1v) is 12.0. The number of rotatable bonds is 7. The predicted molar refractivity (Wildman–Crippen MR) is 116 cm³/mol. The fourth-order valence-corrected chi connectivity index (χ4v) is 4.74. The van der Waals surface area contributed by atoms with E-state index in [1.807, 2.05) is 22.4 Å². The molecular weight excluding hydrogens is 424 g/mol. The van der Waals surface area contributed by atoms with Crippen LogP contribution in [0.2, 0.25) is 0 Å². The van der Waals surface area contributed by atoms with Crippen LogP contribution in [-0.4, -0.2) is 87.7 Å². The van der Waals surface area contributed by atoms with Gasteiger partial charge in [0.2, 0.25) is 10.0 Å². The number of hydrogen-bond donors (Lipinski definition) is 1. The molecule has 0 saturated carbocycles. The standard InChI is InChI=1S/C20H26N4O4S2/c1-22(2)30(27,28)17-7-5-16(6-8-17)19(25)21-9-10-23-11-13-24(14-12-23)20(26)18-4-3-15-29-18/h3-8,15H,9-14H2,1-2H3,(H,21,25). The van der Waals surface area contributed by atoms with Gasteiger partial charge in [-0.1, -0.05) is 6.07 Å². The average molecular weight is 451 g/mol. The summed E-state index contributed by atoms with van der Waals surface area (Å²) in [4.78, 5) is 29.7. The highest BCUT2D eigenvalue weighted by atomic mass is 32.2. The van der Waals surface area contributed by atoms with Gasteiger partial charge in [0.15, 0.2) is 0 Å². The van der Waals surface area contributed by atoms with Crippen molar-refractivity contribution >= 4 is 33.2 Å². The van der Waals surface area contributed by atoms with Crippen LogP contribution in [0.1, 0.15) is 20.0 Å². The summed E-state index contributed by atoms with van der Waals surface area (Å²) in [7, 11) is -0.576. The van der Waals surface area contributed by atoms with Gasteiger partial charge >= 0.3 is 0 Å². The van der Waals surface area contributed by atoms with Crippen LogP contribution in [0.3, 0.4) is 0 Å². The Kier molecular flexibility index (Phi) is 7.24. The Labute approximate surface area is 181 Å². The Morgan fingerprint density at radius 2 is 1.73 bits per heavy atom. The smallest absolute Gasteiger partial charge is 0.264 e. The molecule has 1 aliphatic rings. The Bertz CT molecular complexity index is 965. The van der Waals surface area contributed by atoms with Crippen LogP contribution in [0.25, 0.3) is 0 Å². The Morgan fingerprint density at radius 1 is 1.07 bits per heavy atom. The van der Waals surface area contributed by atoms with Crippen LogP contribution in [-0.2, 0) is 10.0 Å². The van der Waals surface area contributed by atoms with E-state index in [1.165, 1.54) is 49.7 Å². The molecule has 0 aliphatic carbocycles. The molecule has 1 fully saturated rings. The van der Waals surface area contributed by atoms with E-state index in [0.29, 0.717) is 31.7 Å². The van der Waals surface area contributed by atoms with Crippen molar-refractivity contribution in [2.45, 2.75) is 4.90 Å². The van der Waals surface area contributed by atoms with Crippen molar-refractivity contribution in [3.05, 3.63) is 52.2 Å². The maximum atomic E-state index is 12.4. The number of carbonyl (C=O) groups excluding carboxylic acids is 2. The third kappa shape index (κ3) is 5.25. The number of piperazine rings is 1. The van der Waals surface area contributed by atoms with Gasteiger partial charge in [0.05, 0.1) is 9.77 Å². The summed E-state index contributed by atoms with van der Waals surface area (Å²) in [5.41, 5.74) is 0.416. The van der Waals surface area contributed by atoms with Gasteiger partial charge in [-0.15, -0.1) is 11.3 Å². The fraction of sp³-hybridized carbons (Fsp3) is 0.400. The Hall–Kier alpha value is -2.27. The minimum atomic E-state index is -3.51. The minimum Gasteiger partial charge on any atom is -0.351 e. The SMILES string of the molecule is CN(C)S(=O)(=O)c1ccc(C(=O)NCCN2CCN(C(=O)c3cccs3)CC2)cc1. The molecule has 162 valence electrons. The van der Waals surface area contributed by atoms with E-state index in [0.717, 1.165) is 22.3 Å². The van der Waals surface area contributed by atoms with Gasteiger partial charge in [-0.3, -0.25) is 14.5 Å². The van der Waals surface area contributed by atoms with E-state index in [9.17, 15) is 18.0 Å². The van der Waals surface area contributed by atoms with Crippen molar-refractivity contribution in [2.75, 3.05) is 53.4 Å². The largest absolute Gasteiger partial charge is 0.351 e. The second-order valence-electron chi connectivity index (χ2n) is 7.18. The van der Waals surface area contributed by atoms with E-state index >= 15 is 0 Å². The monoisotopic (exact) mass is 450 g/mol. The van der Waals surface area contributed by atoms with Crippen LogP contribution in [0.4, 0.5) is 0 Å². The van der Waals surface area contributed by atoms with Crippen LogP contribution in [0.15, 0.2) is 46.7 Å². The second kappa shape index (κ2) is 9.69. The van der Waals surface area contributed by atoms with E-state index in [2.05, 4.69) is 10.2 Å². The molecule has 2 aromatic rings. The predicted octanol–water partition coefficient (Wildman–Crippen LogP) is 1.19. The molecule has 0 spiro atoms. The van der Waals surface area contributed by atoms with Gasteiger partial charge < -0.3 is 10.2 Å². The maximum Gasteiger partial charge on any atom is 0.264 e. The zero-order valence-electron chi connectivity index (χ0n) is 17.1. The van der Waals surface area contributed by atoms with Crippen LogP contribution >= 0.6 is 11.3 Å². The highest BCUT2D eigenvalue weighted by Gasteiger charge is 2.22. The lowest BCUT2D eigenvalue weighted by Gasteiger charge is -2.34. The number of nitrogens with one attached hydrogen (secondary N) is 1. The zero-order chi connectivity index (χ0) is 21.7. The fourth-order valence-electron chi connectivity index (χ4n) is 3.15. The molecule has 1 saturated heterocycles.